The number of hydrogen-bond donors (Lipinski definition) is 2. The second kappa shape index (κ2) is 14.3. The summed E-state index contributed by atoms with van der Waals surface area (Å²) in [7, 11) is -1.67. The standard InChI is InChI=1S/C31H34FN6O2S2.C2H6/c1-19(39)38-17-14-21(15-18-38)20-9-11-22(12-10-20)34-30-33-16-13-25(35-30)28-27(36-29(41-28)31(2,3)4)23-7-6-8-24(26(23)32)37-42(5)40;1-2/h6-13,16,21H,5,14-15,17-18H2,1-4H3,(H,37,40)(H,33,34,35);1-2H3/q-1;. The van der Waals surface area contributed by atoms with Gasteiger partial charge in [-0.15, -0.1) is 11.3 Å². The summed E-state index contributed by atoms with van der Waals surface area (Å²) in [6, 6.07) is 14.9. The molecule has 0 radical (unpaired) electrons. The highest BCUT2D eigenvalue weighted by Gasteiger charge is 2.26. The average molecular weight is 636 g/mol. The summed E-state index contributed by atoms with van der Waals surface area (Å²) >= 11 is 1.46. The third-order valence-corrected chi connectivity index (χ3v) is 9.16. The Hall–Kier alpha value is -3.83. The number of likely N-dealkylation sites (tertiary alicyclic amines) is 1. The van der Waals surface area contributed by atoms with Crippen LogP contribution in [0, 0.1) is 5.82 Å². The van der Waals surface area contributed by atoms with Crippen molar-refractivity contribution in [1.82, 2.24) is 19.9 Å². The van der Waals surface area contributed by atoms with E-state index in [9.17, 15) is 9.00 Å². The fourth-order valence-corrected chi connectivity index (χ4v) is 6.46. The molecule has 44 heavy (non-hydrogen) atoms. The zero-order valence-corrected chi connectivity index (χ0v) is 27.7. The van der Waals surface area contributed by atoms with Gasteiger partial charge in [0.15, 0.2) is 5.82 Å². The summed E-state index contributed by atoms with van der Waals surface area (Å²) in [5, 5.41) is 4.13. The molecule has 2 aromatic heterocycles. The molecule has 2 aromatic carbocycles. The van der Waals surface area contributed by atoms with E-state index in [1.165, 1.54) is 23.0 Å². The number of halogens is 1. The second-order valence-corrected chi connectivity index (χ2v) is 13.2. The maximum absolute atomic E-state index is 15.6. The fraction of sp³-hybridized carbons (Fsp3) is 0.364. The lowest BCUT2D eigenvalue weighted by Gasteiger charge is -2.31. The van der Waals surface area contributed by atoms with Crippen molar-refractivity contribution < 1.29 is 13.4 Å². The topological polar surface area (TPSA) is 100 Å². The Morgan fingerprint density at radius 1 is 1.07 bits per heavy atom. The molecule has 1 amide bonds. The van der Waals surface area contributed by atoms with Crippen LogP contribution in [0.5, 0.6) is 0 Å². The maximum Gasteiger partial charge on any atom is 0.227 e. The molecule has 11 heteroatoms. The Morgan fingerprint density at radius 3 is 2.36 bits per heavy atom. The van der Waals surface area contributed by atoms with E-state index in [-0.39, 0.29) is 22.6 Å². The Bertz CT molecular complexity index is 1660. The Labute approximate surface area is 265 Å². The zero-order valence-electron chi connectivity index (χ0n) is 26.1. The van der Waals surface area contributed by atoms with E-state index >= 15 is 4.39 Å². The van der Waals surface area contributed by atoms with Crippen molar-refractivity contribution in [2.45, 2.75) is 65.7 Å². The first kappa shape index (κ1) is 33.1. The van der Waals surface area contributed by atoms with Crippen LogP contribution in [-0.4, -0.2) is 44.7 Å². The van der Waals surface area contributed by atoms with E-state index < -0.39 is 16.4 Å². The molecule has 1 aliphatic rings. The Balaban J connectivity index is 0.00000216. The van der Waals surface area contributed by atoms with Crippen molar-refractivity contribution in [3.05, 3.63) is 71.1 Å². The summed E-state index contributed by atoms with van der Waals surface area (Å²) in [5.41, 5.74) is 3.29. The lowest BCUT2D eigenvalue weighted by Crippen LogP contribution is -2.36. The number of amides is 1. The highest BCUT2D eigenvalue weighted by atomic mass is 32.2. The minimum atomic E-state index is -1.67. The van der Waals surface area contributed by atoms with Gasteiger partial charge in [0.1, 0.15) is 0 Å². The monoisotopic (exact) mass is 635 g/mol. The normalized spacial score (nSPS) is 13.8. The average Bonchev–Trinajstić information content (AvgIpc) is 3.46. The third kappa shape index (κ3) is 7.81. The Morgan fingerprint density at radius 2 is 1.75 bits per heavy atom. The van der Waals surface area contributed by atoms with E-state index in [4.69, 9.17) is 9.97 Å². The Kier molecular flexibility index (Phi) is 10.7. The van der Waals surface area contributed by atoms with Crippen LogP contribution in [0.25, 0.3) is 21.8 Å². The number of thiazole rings is 1. The molecule has 1 saturated heterocycles. The van der Waals surface area contributed by atoms with Gasteiger partial charge in [0.25, 0.3) is 0 Å². The van der Waals surface area contributed by atoms with E-state index in [2.05, 4.69) is 53.8 Å². The number of anilines is 3. The van der Waals surface area contributed by atoms with Gasteiger partial charge in [-0.25, -0.2) is 19.3 Å². The van der Waals surface area contributed by atoms with Gasteiger partial charge < -0.3 is 19.1 Å². The molecule has 0 bridgehead atoms. The van der Waals surface area contributed by atoms with Crippen molar-refractivity contribution >= 4 is 51.0 Å². The molecule has 0 aliphatic carbocycles. The predicted octanol–water partition coefficient (Wildman–Crippen LogP) is 7.92. The first-order valence-electron chi connectivity index (χ1n) is 14.7. The van der Waals surface area contributed by atoms with Crippen molar-refractivity contribution in [2.24, 2.45) is 0 Å². The number of piperidine rings is 1. The summed E-state index contributed by atoms with van der Waals surface area (Å²) in [6.07, 6.45) is 3.58. The molecule has 3 heterocycles. The maximum atomic E-state index is 15.6. The number of carbonyl (C=O) groups is 1. The van der Waals surface area contributed by atoms with Crippen molar-refractivity contribution in [3.8, 4) is 21.8 Å². The molecule has 0 atom stereocenters. The molecule has 1 fully saturated rings. The quantitative estimate of drug-likeness (QED) is 0.158. The number of hydrogen-bond acceptors (Lipinski definition) is 8. The molecule has 5 rings (SSSR count). The number of rotatable bonds is 7. The van der Waals surface area contributed by atoms with Gasteiger partial charge in [-0.2, -0.15) is 16.4 Å². The number of nitrogens with zero attached hydrogens (tertiary/aromatic N) is 4. The minimum Gasteiger partial charge on any atom is -0.447 e. The fourth-order valence-electron chi connectivity index (χ4n) is 4.95. The summed E-state index contributed by atoms with van der Waals surface area (Å²) in [4.78, 5) is 28.3. The smallest absolute Gasteiger partial charge is 0.227 e. The summed E-state index contributed by atoms with van der Waals surface area (Å²) < 4.78 is 29.8. The summed E-state index contributed by atoms with van der Waals surface area (Å²) in [5.74, 6) is 3.83. The van der Waals surface area contributed by atoms with Crippen LogP contribution in [0.1, 0.15) is 70.9 Å². The van der Waals surface area contributed by atoms with Crippen molar-refractivity contribution in [2.75, 3.05) is 23.1 Å². The van der Waals surface area contributed by atoms with Crippen LogP contribution in [0.15, 0.2) is 54.7 Å². The molecule has 0 spiro atoms. The van der Waals surface area contributed by atoms with Crippen LogP contribution >= 0.6 is 11.3 Å². The second-order valence-electron chi connectivity index (χ2n) is 11.4. The SMILES string of the molecule is C=[S-](=O)Nc1cccc(-c2nc(C(C)(C)C)sc2-c2ccnc(Nc3ccc(C4CCN(C(C)=O)CC4)cc3)n2)c1F.CC. The largest absolute Gasteiger partial charge is 0.447 e. The minimum absolute atomic E-state index is 0.0926. The van der Waals surface area contributed by atoms with Crippen LogP contribution in [0.3, 0.4) is 0 Å². The van der Waals surface area contributed by atoms with Crippen molar-refractivity contribution in [1.29, 1.82) is 0 Å². The molecule has 1 aliphatic heterocycles. The van der Waals surface area contributed by atoms with Gasteiger partial charge in [-0.3, -0.25) is 4.79 Å². The van der Waals surface area contributed by atoms with Crippen LogP contribution in [0.4, 0.5) is 21.7 Å². The molecular formula is C33H40FN6O2S2-. The van der Waals surface area contributed by atoms with Gasteiger partial charge >= 0.3 is 0 Å². The first-order chi connectivity index (χ1) is 21.0. The first-order valence-corrected chi connectivity index (χ1v) is 16.9. The third-order valence-electron chi connectivity index (χ3n) is 7.21. The van der Waals surface area contributed by atoms with Gasteiger partial charge in [0.2, 0.25) is 11.9 Å². The van der Waals surface area contributed by atoms with E-state index in [0.717, 1.165) is 36.6 Å². The van der Waals surface area contributed by atoms with Gasteiger partial charge in [0, 0.05) is 42.9 Å². The zero-order chi connectivity index (χ0) is 32.0. The van der Waals surface area contributed by atoms with Gasteiger partial charge in [-0.1, -0.05) is 52.8 Å². The highest BCUT2D eigenvalue weighted by molar-refractivity contribution is 7.83. The van der Waals surface area contributed by atoms with Crippen LogP contribution in [-0.2, 0) is 25.0 Å². The van der Waals surface area contributed by atoms with Crippen LogP contribution < -0.4 is 10.0 Å². The van der Waals surface area contributed by atoms with E-state index in [1.807, 2.05) is 30.9 Å². The molecule has 234 valence electrons. The number of aromatic nitrogens is 3. The lowest BCUT2D eigenvalue weighted by molar-refractivity contribution is -0.129. The molecule has 2 N–H and O–H groups in total. The number of nitrogens with one attached hydrogen (secondary N) is 2. The predicted molar refractivity (Wildman–Crippen MR) is 181 cm³/mol. The van der Waals surface area contributed by atoms with E-state index in [0.29, 0.717) is 28.1 Å². The highest BCUT2D eigenvalue weighted by Crippen LogP contribution is 2.42. The molecule has 0 saturated carbocycles. The van der Waals surface area contributed by atoms with Gasteiger partial charge in [0.05, 0.1) is 27.0 Å². The molecular weight excluding hydrogens is 596 g/mol. The number of carbonyl (C=O) groups excluding carboxylic acids is 1. The molecule has 8 nitrogen and oxygen atoms in total. The molecule has 4 aromatic rings. The number of benzene rings is 2. The summed E-state index contributed by atoms with van der Waals surface area (Å²) in [6.45, 7) is 13.4. The van der Waals surface area contributed by atoms with Crippen molar-refractivity contribution in [3.63, 3.8) is 0 Å². The molecule has 0 unspecified atom stereocenters. The van der Waals surface area contributed by atoms with E-state index in [1.54, 1.807) is 31.3 Å². The lowest BCUT2D eigenvalue weighted by atomic mass is 9.89. The van der Waals surface area contributed by atoms with Crippen LogP contribution in [0.2, 0.25) is 0 Å². The van der Waals surface area contributed by atoms with Gasteiger partial charge in [-0.05, 0) is 54.7 Å².